The van der Waals surface area contributed by atoms with E-state index in [1.54, 1.807) is 32.4 Å². The van der Waals surface area contributed by atoms with Crippen LogP contribution in [-0.2, 0) is 16.0 Å². The smallest absolute Gasteiger partial charge is 0.238 e. The van der Waals surface area contributed by atoms with E-state index in [4.69, 9.17) is 9.47 Å². The third kappa shape index (κ3) is 4.88. The number of anilines is 2. The third-order valence-corrected chi connectivity index (χ3v) is 6.36. The van der Waals surface area contributed by atoms with Crippen LogP contribution in [0.5, 0.6) is 11.5 Å². The van der Waals surface area contributed by atoms with Gasteiger partial charge in [0, 0.05) is 24.2 Å². The van der Waals surface area contributed by atoms with Crippen molar-refractivity contribution in [1.82, 2.24) is 4.90 Å². The van der Waals surface area contributed by atoms with E-state index in [0.29, 0.717) is 23.7 Å². The SMILES string of the molecule is COc1ccc(NC(=O)CN2CCC(C(=O)N3CCCc4ccccc43)CC2)c(OC)c1. The summed E-state index contributed by atoms with van der Waals surface area (Å²) in [6, 6.07) is 13.5. The Kier molecular flexibility index (Phi) is 6.95. The lowest BCUT2D eigenvalue weighted by Gasteiger charge is -2.36. The summed E-state index contributed by atoms with van der Waals surface area (Å²) in [7, 11) is 3.15. The number of ether oxygens (including phenoxy) is 2. The monoisotopic (exact) mass is 437 g/mol. The molecule has 0 aliphatic carbocycles. The number of aryl methyl sites for hydroxylation is 1. The molecule has 0 spiro atoms. The fraction of sp³-hybridized carbons (Fsp3) is 0.440. The molecule has 0 atom stereocenters. The van der Waals surface area contributed by atoms with Gasteiger partial charge in [-0.15, -0.1) is 0 Å². The van der Waals surface area contributed by atoms with Crippen molar-refractivity contribution in [2.45, 2.75) is 25.7 Å². The van der Waals surface area contributed by atoms with E-state index in [0.717, 1.165) is 51.0 Å². The molecule has 7 heteroatoms. The number of piperidine rings is 1. The van der Waals surface area contributed by atoms with Crippen LogP contribution < -0.4 is 19.7 Å². The van der Waals surface area contributed by atoms with Crippen molar-refractivity contribution in [2.75, 3.05) is 50.6 Å². The molecule has 32 heavy (non-hydrogen) atoms. The molecule has 2 aliphatic rings. The van der Waals surface area contributed by atoms with E-state index in [9.17, 15) is 9.59 Å². The highest BCUT2D eigenvalue weighted by molar-refractivity contribution is 5.96. The number of nitrogens with zero attached hydrogens (tertiary/aromatic N) is 2. The molecule has 2 heterocycles. The van der Waals surface area contributed by atoms with E-state index in [2.05, 4.69) is 22.3 Å². The minimum absolute atomic E-state index is 0.0159. The number of hydrogen-bond donors (Lipinski definition) is 1. The first-order valence-electron chi connectivity index (χ1n) is 11.2. The van der Waals surface area contributed by atoms with E-state index < -0.39 is 0 Å². The number of carbonyl (C=O) groups is 2. The average Bonchev–Trinajstić information content (AvgIpc) is 2.84. The van der Waals surface area contributed by atoms with E-state index in [1.165, 1.54) is 5.56 Å². The Hall–Kier alpha value is -3.06. The minimum Gasteiger partial charge on any atom is -0.497 e. The molecular weight excluding hydrogens is 406 g/mol. The molecule has 2 aliphatic heterocycles. The highest BCUT2D eigenvalue weighted by Gasteiger charge is 2.31. The molecule has 1 N–H and O–H groups in total. The number of hydrogen-bond acceptors (Lipinski definition) is 5. The van der Waals surface area contributed by atoms with Gasteiger partial charge >= 0.3 is 0 Å². The Morgan fingerprint density at radius 1 is 1.03 bits per heavy atom. The first-order chi connectivity index (χ1) is 15.6. The zero-order chi connectivity index (χ0) is 22.5. The highest BCUT2D eigenvalue weighted by atomic mass is 16.5. The molecule has 1 fully saturated rings. The number of fused-ring (bicyclic) bond motifs is 1. The number of benzene rings is 2. The van der Waals surface area contributed by atoms with Crippen LogP contribution >= 0.6 is 0 Å². The molecule has 2 amide bonds. The van der Waals surface area contributed by atoms with Gasteiger partial charge in [0.15, 0.2) is 0 Å². The maximum absolute atomic E-state index is 13.2. The summed E-state index contributed by atoms with van der Waals surface area (Å²) < 4.78 is 10.6. The Balaban J connectivity index is 1.30. The second-order valence-electron chi connectivity index (χ2n) is 8.39. The van der Waals surface area contributed by atoms with Crippen LogP contribution in [0.2, 0.25) is 0 Å². The topological polar surface area (TPSA) is 71.1 Å². The maximum atomic E-state index is 13.2. The van der Waals surface area contributed by atoms with Crippen LogP contribution in [0, 0.1) is 5.92 Å². The van der Waals surface area contributed by atoms with Crippen LogP contribution in [0.3, 0.4) is 0 Å². The summed E-state index contributed by atoms with van der Waals surface area (Å²) in [6.07, 6.45) is 3.59. The first-order valence-corrected chi connectivity index (χ1v) is 11.2. The second-order valence-corrected chi connectivity index (χ2v) is 8.39. The number of carbonyl (C=O) groups excluding carboxylic acids is 2. The maximum Gasteiger partial charge on any atom is 0.238 e. The van der Waals surface area contributed by atoms with Gasteiger partial charge in [0.25, 0.3) is 0 Å². The van der Waals surface area contributed by atoms with E-state index >= 15 is 0 Å². The van der Waals surface area contributed by atoms with Crippen molar-refractivity contribution in [2.24, 2.45) is 5.92 Å². The highest BCUT2D eigenvalue weighted by Crippen LogP contribution is 2.31. The summed E-state index contributed by atoms with van der Waals surface area (Å²) in [5.74, 6) is 1.38. The Morgan fingerprint density at radius 2 is 1.81 bits per heavy atom. The molecule has 4 rings (SSSR count). The van der Waals surface area contributed by atoms with Crippen molar-refractivity contribution in [3.63, 3.8) is 0 Å². The molecule has 2 aromatic rings. The standard InChI is InChI=1S/C25H31N3O4/c1-31-20-9-10-21(23(16-20)32-2)26-24(29)17-27-14-11-19(12-15-27)25(30)28-13-5-7-18-6-3-4-8-22(18)28/h3-4,6,8-10,16,19H,5,7,11-15,17H2,1-2H3,(H,26,29). The fourth-order valence-corrected chi connectivity index (χ4v) is 4.62. The quantitative estimate of drug-likeness (QED) is 0.751. The lowest BCUT2D eigenvalue weighted by molar-refractivity contribution is -0.124. The molecule has 0 unspecified atom stereocenters. The molecule has 0 aromatic heterocycles. The summed E-state index contributed by atoms with van der Waals surface area (Å²) >= 11 is 0. The molecule has 170 valence electrons. The van der Waals surface area contributed by atoms with Gasteiger partial charge in [-0.3, -0.25) is 14.5 Å². The Morgan fingerprint density at radius 3 is 2.56 bits per heavy atom. The van der Waals surface area contributed by atoms with E-state index in [-0.39, 0.29) is 17.7 Å². The summed E-state index contributed by atoms with van der Waals surface area (Å²) in [4.78, 5) is 29.9. The van der Waals surface area contributed by atoms with Crippen molar-refractivity contribution in [3.05, 3.63) is 48.0 Å². The van der Waals surface area contributed by atoms with Gasteiger partial charge in [0.05, 0.1) is 26.5 Å². The molecule has 0 saturated carbocycles. The minimum atomic E-state index is -0.0943. The summed E-state index contributed by atoms with van der Waals surface area (Å²) in [5.41, 5.74) is 2.95. The number of rotatable bonds is 6. The summed E-state index contributed by atoms with van der Waals surface area (Å²) in [5, 5.41) is 2.92. The second kappa shape index (κ2) is 10.0. The van der Waals surface area contributed by atoms with Crippen molar-refractivity contribution >= 4 is 23.2 Å². The fourth-order valence-electron chi connectivity index (χ4n) is 4.62. The Labute approximate surface area is 189 Å². The van der Waals surface area contributed by atoms with Crippen LogP contribution in [0.15, 0.2) is 42.5 Å². The molecule has 0 bridgehead atoms. The number of methoxy groups -OCH3 is 2. The average molecular weight is 438 g/mol. The number of nitrogens with one attached hydrogen (secondary N) is 1. The van der Waals surface area contributed by atoms with Crippen molar-refractivity contribution < 1.29 is 19.1 Å². The molecule has 7 nitrogen and oxygen atoms in total. The molecular formula is C25H31N3O4. The van der Waals surface area contributed by atoms with Gasteiger partial charge in [0.2, 0.25) is 11.8 Å². The molecule has 2 aromatic carbocycles. The van der Waals surface area contributed by atoms with Crippen LogP contribution in [0.4, 0.5) is 11.4 Å². The third-order valence-electron chi connectivity index (χ3n) is 6.36. The first kappa shape index (κ1) is 22.1. The lowest BCUT2D eigenvalue weighted by atomic mass is 9.93. The lowest BCUT2D eigenvalue weighted by Crippen LogP contribution is -2.45. The van der Waals surface area contributed by atoms with E-state index in [1.807, 2.05) is 17.0 Å². The zero-order valence-corrected chi connectivity index (χ0v) is 18.8. The van der Waals surface area contributed by atoms with Crippen LogP contribution in [-0.4, -0.2) is 57.1 Å². The van der Waals surface area contributed by atoms with Gasteiger partial charge in [-0.1, -0.05) is 18.2 Å². The Bertz CT molecular complexity index is 969. The van der Waals surface area contributed by atoms with Crippen molar-refractivity contribution in [3.8, 4) is 11.5 Å². The number of amides is 2. The van der Waals surface area contributed by atoms with Gasteiger partial charge in [-0.25, -0.2) is 0 Å². The van der Waals surface area contributed by atoms with Gasteiger partial charge in [-0.2, -0.15) is 0 Å². The predicted molar refractivity (Wildman–Crippen MR) is 124 cm³/mol. The zero-order valence-electron chi connectivity index (χ0n) is 18.8. The molecule has 0 radical (unpaired) electrons. The van der Waals surface area contributed by atoms with Crippen molar-refractivity contribution in [1.29, 1.82) is 0 Å². The van der Waals surface area contributed by atoms with Gasteiger partial charge in [-0.05, 0) is 62.5 Å². The van der Waals surface area contributed by atoms with Crippen LogP contribution in [0.25, 0.3) is 0 Å². The van der Waals surface area contributed by atoms with Gasteiger partial charge < -0.3 is 19.7 Å². The normalized spacial score (nSPS) is 16.9. The van der Waals surface area contributed by atoms with Gasteiger partial charge in [0.1, 0.15) is 11.5 Å². The summed E-state index contributed by atoms with van der Waals surface area (Å²) in [6.45, 7) is 2.56. The molecule has 1 saturated heterocycles. The largest absolute Gasteiger partial charge is 0.497 e. The predicted octanol–water partition coefficient (Wildman–Crippen LogP) is 3.33. The number of para-hydroxylation sites is 1. The number of likely N-dealkylation sites (tertiary alicyclic amines) is 1. The van der Waals surface area contributed by atoms with Crippen LogP contribution in [0.1, 0.15) is 24.8 Å².